The van der Waals surface area contributed by atoms with E-state index in [0.717, 1.165) is 24.2 Å². The van der Waals surface area contributed by atoms with Gasteiger partial charge in [-0.15, -0.1) is 0 Å². The first-order valence-electron chi connectivity index (χ1n) is 11.2. The third-order valence-corrected chi connectivity index (χ3v) is 6.70. The van der Waals surface area contributed by atoms with Crippen LogP contribution in [-0.4, -0.2) is 34.0 Å². The summed E-state index contributed by atoms with van der Waals surface area (Å²) in [5, 5.41) is 7.09. The van der Waals surface area contributed by atoms with Crippen LogP contribution in [0.5, 0.6) is 0 Å². The van der Waals surface area contributed by atoms with Crippen LogP contribution in [0.1, 0.15) is 60.5 Å². The van der Waals surface area contributed by atoms with E-state index in [1.165, 1.54) is 12.3 Å². The molecule has 2 aliphatic rings. The molecule has 3 aromatic rings. The number of hydrogen-bond acceptors (Lipinski definition) is 3. The molecule has 5 nitrogen and oxygen atoms in total. The van der Waals surface area contributed by atoms with Gasteiger partial charge in [-0.3, -0.25) is 4.79 Å². The summed E-state index contributed by atoms with van der Waals surface area (Å²) in [4.78, 5) is 14.9. The van der Waals surface area contributed by atoms with E-state index in [1.807, 2.05) is 17.0 Å². The molecule has 33 heavy (non-hydrogen) atoms. The van der Waals surface area contributed by atoms with E-state index in [9.17, 15) is 22.4 Å². The summed E-state index contributed by atoms with van der Waals surface area (Å²) in [6.45, 7) is 0.669. The molecule has 3 heterocycles. The number of rotatable bonds is 4. The van der Waals surface area contributed by atoms with Gasteiger partial charge in [-0.1, -0.05) is 0 Å². The van der Waals surface area contributed by atoms with Crippen molar-refractivity contribution in [1.82, 2.24) is 14.9 Å². The molecule has 5 rings (SSSR count). The van der Waals surface area contributed by atoms with Gasteiger partial charge < -0.3 is 10.2 Å². The highest BCUT2D eigenvalue weighted by Crippen LogP contribution is 2.38. The number of pyridine rings is 1. The van der Waals surface area contributed by atoms with Gasteiger partial charge in [0.2, 0.25) is 5.92 Å². The average Bonchev–Trinajstić information content (AvgIpc) is 3.43. The largest absolute Gasteiger partial charge is 0.364 e. The number of halogens is 4. The van der Waals surface area contributed by atoms with E-state index < -0.39 is 17.6 Å². The van der Waals surface area contributed by atoms with Gasteiger partial charge in [0, 0.05) is 42.9 Å². The minimum Gasteiger partial charge on any atom is -0.364 e. The maximum atomic E-state index is 14.4. The van der Waals surface area contributed by atoms with Crippen LogP contribution < -0.4 is 10.2 Å². The molecule has 0 unspecified atom stereocenters. The van der Waals surface area contributed by atoms with Crippen molar-refractivity contribution in [1.29, 1.82) is 0 Å². The number of nitrogens with zero attached hydrogens (tertiary/aromatic N) is 3. The van der Waals surface area contributed by atoms with Crippen molar-refractivity contribution in [2.45, 2.75) is 56.5 Å². The number of hydrogen-bond donors (Lipinski definition) is 1. The van der Waals surface area contributed by atoms with Crippen LogP contribution in [-0.2, 0) is 0 Å². The van der Waals surface area contributed by atoms with Gasteiger partial charge in [-0.05, 0) is 56.0 Å². The Balaban J connectivity index is 1.40. The van der Waals surface area contributed by atoms with Crippen molar-refractivity contribution < 1.29 is 22.4 Å². The minimum atomic E-state index is -2.66. The average molecular weight is 460 g/mol. The van der Waals surface area contributed by atoms with Crippen LogP contribution in [0.2, 0.25) is 0 Å². The van der Waals surface area contributed by atoms with Crippen LogP contribution in [0.15, 0.2) is 42.7 Å². The standard InChI is InChI=1S/C24H24F4N4O/c25-15-3-4-20(26)18(12-15)21-2-1-10-31(21)17-7-11-32-22(13-17)19(14-29-32)23(33)30-16-5-8-24(27,28)9-6-16/h3-4,7,11-14,16,21H,1-2,5-6,8-10H2,(H,30,33)/t21-/m1/s1. The fraction of sp³-hybridized carbons (Fsp3) is 0.417. The number of carbonyl (C=O) groups is 1. The lowest BCUT2D eigenvalue weighted by Gasteiger charge is -2.29. The fourth-order valence-corrected chi connectivity index (χ4v) is 4.94. The Hall–Kier alpha value is -3.10. The minimum absolute atomic E-state index is 0.232. The molecule has 9 heteroatoms. The molecule has 1 aliphatic heterocycles. The number of nitrogens with one attached hydrogen (secondary N) is 1. The molecule has 0 radical (unpaired) electrons. The zero-order valence-electron chi connectivity index (χ0n) is 17.9. The van der Waals surface area contributed by atoms with Crippen molar-refractivity contribution in [2.75, 3.05) is 11.4 Å². The van der Waals surface area contributed by atoms with Crippen LogP contribution in [0.25, 0.3) is 5.52 Å². The van der Waals surface area contributed by atoms with Crippen molar-refractivity contribution in [2.24, 2.45) is 0 Å². The van der Waals surface area contributed by atoms with Gasteiger partial charge in [0.1, 0.15) is 11.6 Å². The van der Waals surface area contributed by atoms with Gasteiger partial charge in [0.25, 0.3) is 5.91 Å². The number of fused-ring (bicyclic) bond motifs is 1. The molecule has 2 fully saturated rings. The van der Waals surface area contributed by atoms with Crippen molar-refractivity contribution in [3.63, 3.8) is 0 Å². The second-order valence-electron chi connectivity index (χ2n) is 8.89. The zero-order valence-corrected chi connectivity index (χ0v) is 17.9. The molecule has 174 valence electrons. The Labute approximate surface area is 188 Å². The summed E-state index contributed by atoms with van der Waals surface area (Å²) >= 11 is 0. The maximum Gasteiger partial charge on any atom is 0.255 e. The SMILES string of the molecule is O=C(NC1CCC(F)(F)CC1)c1cnn2ccc(N3CCC[C@@H]3c3cc(F)ccc3F)cc12. The summed E-state index contributed by atoms with van der Waals surface area (Å²) in [6.07, 6.45) is 4.69. The summed E-state index contributed by atoms with van der Waals surface area (Å²) in [5.74, 6) is -3.94. The molecule has 1 aromatic carbocycles. The molecule has 2 aromatic heterocycles. The highest BCUT2D eigenvalue weighted by Gasteiger charge is 2.35. The van der Waals surface area contributed by atoms with E-state index in [4.69, 9.17) is 0 Å². The molecular formula is C24H24F4N4O. The molecule has 1 aliphatic carbocycles. The molecule has 1 saturated heterocycles. The van der Waals surface area contributed by atoms with Gasteiger partial charge in [0.15, 0.2) is 0 Å². The van der Waals surface area contributed by atoms with Crippen molar-refractivity contribution >= 4 is 17.1 Å². The number of carbonyl (C=O) groups excluding carboxylic acids is 1. The summed E-state index contributed by atoms with van der Waals surface area (Å²) in [7, 11) is 0. The van der Waals surface area contributed by atoms with Crippen molar-refractivity contribution in [3.8, 4) is 0 Å². The Morgan fingerprint density at radius 1 is 1.09 bits per heavy atom. The fourth-order valence-electron chi connectivity index (χ4n) is 4.94. The topological polar surface area (TPSA) is 49.6 Å². The molecule has 1 amide bonds. The van der Waals surface area contributed by atoms with Crippen LogP contribution in [0.4, 0.5) is 23.2 Å². The van der Waals surface area contributed by atoms with Crippen LogP contribution >= 0.6 is 0 Å². The molecule has 0 bridgehead atoms. The Kier molecular flexibility index (Phi) is 5.50. The Morgan fingerprint density at radius 3 is 2.67 bits per heavy atom. The van der Waals surface area contributed by atoms with Crippen LogP contribution in [0.3, 0.4) is 0 Å². The monoisotopic (exact) mass is 460 g/mol. The number of anilines is 1. The number of aromatic nitrogens is 2. The predicted octanol–water partition coefficient (Wildman–Crippen LogP) is 5.26. The number of alkyl halides is 2. The first-order chi connectivity index (χ1) is 15.8. The summed E-state index contributed by atoms with van der Waals surface area (Å²) in [5.41, 5.74) is 2.01. The third kappa shape index (κ3) is 4.28. The number of amides is 1. The Morgan fingerprint density at radius 2 is 1.88 bits per heavy atom. The normalized spacial score (nSPS) is 21.0. The van der Waals surface area contributed by atoms with Crippen molar-refractivity contribution in [3.05, 3.63) is 65.5 Å². The van der Waals surface area contributed by atoms with Gasteiger partial charge in [-0.25, -0.2) is 22.1 Å². The van der Waals surface area contributed by atoms with E-state index >= 15 is 0 Å². The number of benzene rings is 1. The predicted molar refractivity (Wildman–Crippen MR) is 116 cm³/mol. The van der Waals surface area contributed by atoms with Gasteiger partial charge in [0.05, 0.1) is 23.3 Å². The van der Waals surface area contributed by atoms with E-state index in [0.29, 0.717) is 29.6 Å². The first kappa shape index (κ1) is 21.7. The highest BCUT2D eigenvalue weighted by atomic mass is 19.3. The van der Waals surface area contributed by atoms with Crippen LogP contribution in [0, 0.1) is 11.6 Å². The molecule has 0 spiro atoms. The first-order valence-corrected chi connectivity index (χ1v) is 11.2. The lowest BCUT2D eigenvalue weighted by Crippen LogP contribution is -2.40. The highest BCUT2D eigenvalue weighted by molar-refractivity contribution is 6.01. The van der Waals surface area contributed by atoms with Gasteiger partial charge >= 0.3 is 0 Å². The maximum absolute atomic E-state index is 14.4. The van der Waals surface area contributed by atoms with E-state index in [1.54, 1.807) is 10.7 Å². The second kappa shape index (κ2) is 8.35. The smallest absolute Gasteiger partial charge is 0.255 e. The quantitative estimate of drug-likeness (QED) is 0.541. The molecule has 1 saturated carbocycles. The lowest BCUT2D eigenvalue weighted by atomic mass is 9.92. The summed E-state index contributed by atoms with van der Waals surface area (Å²) in [6, 6.07) is 6.52. The lowest BCUT2D eigenvalue weighted by molar-refractivity contribution is -0.0399. The molecular weight excluding hydrogens is 436 g/mol. The zero-order chi connectivity index (χ0) is 23.2. The van der Waals surface area contributed by atoms with E-state index in [-0.39, 0.29) is 43.7 Å². The van der Waals surface area contributed by atoms with Gasteiger partial charge in [-0.2, -0.15) is 5.10 Å². The third-order valence-electron chi connectivity index (χ3n) is 6.70. The summed E-state index contributed by atoms with van der Waals surface area (Å²) < 4.78 is 56.6. The second-order valence-corrected chi connectivity index (χ2v) is 8.89. The molecule has 1 N–H and O–H groups in total. The molecule has 1 atom stereocenters. The van der Waals surface area contributed by atoms with E-state index in [2.05, 4.69) is 10.4 Å². The Bertz CT molecular complexity index is 1180.